The highest BCUT2D eigenvalue weighted by Gasteiger charge is 2.35. The van der Waals surface area contributed by atoms with Gasteiger partial charge in [0, 0.05) is 25.1 Å². The van der Waals surface area contributed by atoms with E-state index >= 15 is 0 Å². The first-order chi connectivity index (χ1) is 10.3. The predicted octanol–water partition coefficient (Wildman–Crippen LogP) is 3.90. The quantitative estimate of drug-likeness (QED) is 0.670. The van der Waals surface area contributed by atoms with Gasteiger partial charge in [-0.05, 0) is 18.3 Å². The summed E-state index contributed by atoms with van der Waals surface area (Å²) in [6, 6.07) is 1.31. The van der Waals surface area contributed by atoms with Gasteiger partial charge in [-0.15, -0.1) is 0 Å². The highest BCUT2D eigenvalue weighted by Crippen LogP contribution is 2.34. The first-order valence-electron chi connectivity index (χ1n) is 7.44. The van der Waals surface area contributed by atoms with Crippen molar-refractivity contribution in [1.82, 2.24) is 4.98 Å². The molecule has 0 radical (unpaired) electrons. The first kappa shape index (κ1) is 17.0. The fourth-order valence-electron chi connectivity index (χ4n) is 2.89. The van der Waals surface area contributed by atoms with Gasteiger partial charge in [-0.3, -0.25) is 10.1 Å². The standard InChI is InChI=1S/C15H22ClN3O3/c1-15(2,3)13-10(5-4-6-22-13)8-17-14-12(16)7-11(9-18-14)19(20)21/h7,9-10,13H,4-6,8H2,1-3H3,(H,17,18). The summed E-state index contributed by atoms with van der Waals surface area (Å²) in [6.45, 7) is 8.01. The van der Waals surface area contributed by atoms with E-state index in [1.807, 2.05) is 0 Å². The van der Waals surface area contributed by atoms with Crippen molar-refractivity contribution >= 4 is 23.1 Å². The number of nitrogens with zero attached hydrogens (tertiary/aromatic N) is 2. The Bertz CT molecular complexity index is 545. The van der Waals surface area contributed by atoms with Gasteiger partial charge in [-0.1, -0.05) is 32.4 Å². The number of nitro groups is 1. The van der Waals surface area contributed by atoms with Crippen molar-refractivity contribution in [2.24, 2.45) is 11.3 Å². The Labute approximate surface area is 135 Å². The highest BCUT2D eigenvalue weighted by molar-refractivity contribution is 6.33. The average molecular weight is 328 g/mol. The third kappa shape index (κ3) is 4.08. The van der Waals surface area contributed by atoms with E-state index in [4.69, 9.17) is 16.3 Å². The van der Waals surface area contributed by atoms with Gasteiger partial charge in [0.15, 0.2) is 0 Å². The van der Waals surface area contributed by atoms with E-state index in [9.17, 15) is 10.1 Å². The van der Waals surface area contributed by atoms with E-state index in [0.717, 1.165) is 19.4 Å². The Balaban J connectivity index is 2.04. The Hall–Kier alpha value is -1.40. The normalized spacial score (nSPS) is 22.4. The lowest BCUT2D eigenvalue weighted by Gasteiger charge is -2.40. The number of nitrogens with one attached hydrogen (secondary N) is 1. The minimum absolute atomic E-state index is 0.0689. The Morgan fingerprint density at radius 3 is 2.86 bits per heavy atom. The lowest BCUT2D eigenvalue weighted by atomic mass is 9.78. The van der Waals surface area contributed by atoms with Crippen molar-refractivity contribution in [3.63, 3.8) is 0 Å². The molecular weight excluding hydrogens is 306 g/mol. The highest BCUT2D eigenvalue weighted by atomic mass is 35.5. The number of pyridine rings is 1. The number of anilines is 1. The molecule has 22 heavy (non-hydrogen) atoms. The molecule has 2 heterocycles. The number of aromatic nitrogens is 1. The van der Waals surface area contributed by atoms with Gasteiger partial charge in [-0.25, -0.2) is 4.98 Å². The number of hydrogen-bond donors (Lipinski definition) is 1. The van der Waals surface area contributed by atoms with Crippen LogP contribution in [0.1, 0.15) is 33.6 Å². The van der Waals surface area contributed by atoms with Crippen molar-refractivity contribution in [2.75, 3.05) is 18.5 Å². The zero-order valence-electron chi connectivity index (χ0n) is 13.1. The zero-order valence-corrected chi connectivity index (χ0v) is 13.9. The van der Waals surface area contributed by atoms with E-state index < -0.39 is 4.92 Å². The van der Waals surface area contributed by atoms with Crippen LogP contribution in [0.2, 0.25) is 5.02 Å². The molecule has 2 unspecified atom stereocenters. The van der Waals surface area contributed by atoms with Crippen LogP contribution in [-0.4, -0.2) is 29.2 Å². The lowest BCUT2D eigenvalue weighted by Crippen LogP contribution is -2.42. The molecule has 1 aliphatic heterocycles. The molecule has 0 aromatic carbocycles. The number of halogens is 1. The Morgan fingerprint density at radius 2 is 2.27 bits per heavy atom. The Kier molecular flexibility index (Phi) is 5.24. The summed E-state index contributed by atoms with van der Waals surface area (Å²) in [5, 5.41) is 14.2. The van der Waals surface area contributed by atoms with Crippen molar-refractivity contribution < 1.29 is 9.66 Å². The Morgan fingerprint density at radius 1 is 1.55 bits per heavy atom. The molecule has 0 amide bonds. The second-order valence-corrected chi connectivity index (χ2v) is 7.13. The molecule has 2 rings (SSSR count). The average Bonchev–Trinajstić information content (AvgIpc) is 2.45. The SMILES string of the molecule is CC(C)(C)C1OCCCC1CNc1ncc([N+](=O)[O-])cc1Cl. The minimum atomic E-state index is -0.507. The van der Waals surface area contributed by atoms with E-state index in [1.54, 1.807) is 0 Å². The monoisotopic (exact) mass is 327 g/mol. The largest absolute Gasteiger partial charge is 0.377 e. The third-order valence-electron chi connectivity index (χ3n) is 3.87. The molecule has 7 heteroatoms. The molecule has 1 N–H and O–H groups in total. The van der Waals surface area contributed by atoms with Gasteiger partial charge in [0.2, 0.25) is 0 Å². The zero-order chi connectivity index (χ0) is 16.3. The summed E-state index contributed by atoms with van der Waals surface area (Å²) in [4.78, 5) is 14.2. The molecule has 0 saturated carbocycles. The molecule has 1 aliphatic rings. The molecule has 1 aromatic rings. The number of rotatable bonds is 4. The fourth-order valence-corrected chi connectivity index (χ4v) is 3.12. The van der Waals surface area contributed by atoms with Crippen LogP contribution in [0, 0.1) is 21.4 Å². The van der Waals surface area contributed by atoms with Crippen LogP contribution in [0.3, 0.4) is 0 Å². The van der Waals surface area contributed by atoms with Crippen molar-refractivity contribution in [3.05, 3.63) is 27.4 Å². The molecule has 0 aliphatic carbocycles. The molecule has 1 saturated heterocycles. The number of ether oxygens (including phenoxy) is 1. The molecule has 1 fully saturated rings. The van der Waals surface area contributed by atoms with Crippen LogP contribution in [0.15, 0.2) is 12.3 Å². The summed E-state index contributed by atoms with van der Waals surface area (Å²) < 4.78 is 5.94. The van der Waals surface area contributed by atoms with Gasteiger partial charge in [0.1, 0.15) is 12.0 Å². The smallest absolute Gasteiger partial charge is 0.289 e. The van der Waals surface area contributed by atoms with E-state index in [2.05, 4.69) is 31.1 Å². The molecule has 122 valence electrons. The maximum atomic E-state index is 10.7. The maximum absolute atomic E-state index is 10.7. The van der Waals surface area contributed by atoms with Gasteiger partial charge in [-0.2, -0.15) is 0 Å². The predicted molar refractivity (Wildman–Crippen MR) is 86.3 cm³/mol. The fraction of sp³-hybridized carbons (Fsp3) is 0.667. The maximum Gasteiger partial charge on any atom is 0.289 e. The molecule has 0 spiro atoms. The molecule has 6 nitrogen and oxygen atoms in total. The van der Waals surface area contributed by atoms with Crippen molar-refractivity contribution in [1.29, 1.82) is 0 Å². The van der Waals surface area contributed by atoms with Gasteiger partial charge >= 0.3 is 0 Å². The third-order valence-corrected chi connectivity index (χ3v) is 4.16. The molecular formula is C15H22ClN3O3. The first-order valence-corrected chi connectivity index (χ1v) is 7.82. The van der Waals surface area contributed by atoms with Gasteiger partial charge < -0.3 is 10.1 Å². The summed E-state index contributed by atoms with van der Waals surface area (Å²) >= 11 is 6.06. The van der Waals surface area contributed by atoms with Crippen molar-refractivity contribution in [3.8, 4) is 0 Å². The molecule has 0 bridgehead atoms. The van der Waals surface area contributed by atoms with E-state index in [-0.39, 0.29) is 22.2 Å². The van der Waals surface area contributed by atoms with Gasteiger partial charge in [0.05, 0.1) is 16.0 Å². The van der Waals surface area contributed by atoms with Crippen molar-refractivity contribution in [2.45, 2.75) is 39.7 Å². The number of hydrogen-bond acceptors (Lipinski definition) is 5. The van der Waals surface area contributed by atoms with Crippen LogP contribution < -0.4 is 5.32 Å². The summed E-state index contributed by atoms with van der Waals surface area (Å²) in [6.07, 6.45) is 3.51. The van der Waals surface area contributed by atoms with Crippen LogP contribution in [-0.2, 0) is 4.74 Å². The summed E-state index contributed by atoms with van der Waals surface area (Å²) in [7, 11) is 0. The van der Waals surface area contributed by atoms with E-state index in [1.165, 1.54) is 12.3 Å². The second-order valence-electron chi connectivity index (χ2n) is 6.72. The minimum Gasteiger partial charge on any atom is -0.377 e. The van der Waals surface area contributed by atoms with Crippen LogP contribution in [0.4, 0.5) is 11.5 Å². The van der Waals surface area contributed by atoms with Gasteiger partial charge in [0.25, 0.3) is 5.69 Å². The van der Waals surface area contributed by atoms with E-state index in [0.29, 0.717) is 18.3 Å². The second kappa shape index (κ2) is 6.79. The van der Waals surface area contributed by atoms with Crippen LogP contribution in [0.5, 0.6) is 0 Å². The molecule has 2 atom stereocenters. The summed E-state index contributed by atoms with van der Waals surface area (Å²) in [5.74, 6) is 0.840. The topological polar surface area (TPSA) is 77.3 Å². The lowest BCUT2D eigenvalue weighted by molar-refractivity contribution is -0.385. The van der Waals surface area contributed by atoms with Crippen LogP contribution >= 0.6 is 11.6 Å². The summed E-state index contributed by atoms with van der Waals surface area (Å²) in [5.41, 5.74) is -0.0384. The van der Waals surface area contributed by atoms with Crippen LogP contribution in [0.25, 0.3) is 0 Å². The molecule has 1 aromatic heterocycles.